The van der Waals surface area contributed by atoms with Gasteiger partial charge < -0.3 is 10.6 Å². The van der Waals surface area contributed by atoms with Crippen molar-refractivity contribution in [1.82, 2.24) is 19.7 Å². The van der Waals surface area contributed by atoms with Gasteiger partial charge in [0, 0.05) is 18.3 Å². The van der Waals surface area contributed by atoms with Crippen LogP contribution in [0.5, 0.6) is 0 Å². The molecule has 5 nitrogen and oxygen atoms in total. The molecule has 0 bridgehead atoms. The van der Waals surface area contributed by atoms with E-state index in [-0.39, 0.29) is 0 Å². The van der Waals surface area contributed by atoms with E-state index in [9.17, 15) is 0 Å². The molecule has 1 saturated heterocycles. The molecule has 96 valence electrons. The van der Waals surface area contributed by atoms with Crippen molar-refractivity contribution in [2.24, 2.45) is 0 Å². The number of anilines is 1. The van der Waals surface area contributed by atoms with Gasteiger partial charge in [0.25, 0.3) is 0 Å². The first-order valence-electron chi connectivity index (χ1n) is 6.24. The number of thioether (sulfide) groups is 1. The van der Waals surface area contributed by atoms with Gasteiger partial charge in [-0.25, -0.2) is 0 Å². The van der Waals surface area contributed by atoms with E-state index in [1.807, 2.05) is 4.57 Å². The van der Waals surface area contributed by atoms with Crippen LogP contribution >= 0.6 is 11.8 Å². The highest BCUT2D eigenvalue weighted by molar-refractivity contribution is 7.99. The monoisotopic (exact) mass is 255 g/mol. The van der Waals surface area contributed by atoms with Gasteiger partial charge in [-0.05, 0) is 39.8 Å². The second-order valence-electron chi connectivity index (χ2n) is 4.70. The van der Waals surface area contributed by atoms with Crippen molar-refractivity contribution in [2.75, 3.05) is 31.1 Å². The maximum absolute atomic E-state index is 5.80. The molecule has 6 heteroatoms. The van der Waals surface area contributed by atoms with Crippen LogP contribution in [0.4, 0.5) is 5.95 Å². The van der Waals surface area contributed by atoms with Crippen LogP contribution in [0.2, 0.25) is 0 Å². The Morgan fingerprint density at radius 3 is 2.65 bits per heavy atom. The summed E-state index contributed by atoms with van der Waals surface area (Å²) in [5.74, 6) is 1.58. The molecule has 17 heavy (non-hydrogen) atoms. The number of nitrogens with zero attached hydrogens (tertiary/aromatic N) is 4. The zero-order chi connectivity index (χ0) is 12.3. The van der Waals surface area contributed by atoms with Gasteiger partial charge in [-0.3, -0.25) is 4.57 Å². The van der Waals surface area contributed by atoms with Gasteiger partial charge in [-0.2, -0.15) is 0 Å². The van der Waals surface area contributed by atoms with E-state index in [2.05, 4.69) is 28.9 Å². The Morgan fingerprint density at radius 1 is 1.29 bits per heavy atom. The van der Waals surface area contributed by atoms with E-state index in [0.29, 0.717) is 12.0 Å². The summed E-state index contributed by atoms with van der Waals surface area (Å²) in [7, 11) is 0. The van der Waals surface area contributed by atoms with E-state index >= 15 is 0 Å². The number of rotatable bonds is 5. The van der Waals surface area contributed by atoms with Crippen LogP contribution in [0.15, 0.2) is 5.16 Å². The summed E-state index contributed by atoms with van der Waals surface area (Å²) in [5.41, 5.74) is 5.80. The third-order valence-electron chi connectivity index (χ3n) is 3.04. The fourth-order valence-electron chi connectivity index (χ4n) is 2.14. The van der Waals surface area contributed by atoms with E-state index in [1.165, 1.54) is 25.9 Å². The van der Waals surface area contributed by atoms with Crippen molar-refractivity contribution in [2.45, 2.75) is 37.9 Å². The van der Waals surface area contributed by atoms with Gasteiger partial charge in [0.05, 0.1) is 0 Å². The van der Waals surface area contributed by atoms with Crippen LogP contribution in [0, 0.1) is 0 Å². The number of nitrogen functional groups attached to an aromatic ring is 1. The van der Waals surface area contributed by atoms with Crippen molar-refractivity contribution < 1.29 is 0 Å². The Hall–Kier alpha value is -0.750. The fraction of sp³-hybridized carbons (Fsp3) is 0.818. The van der Waals surface area contributed by atoms with E-state index < -0.39 is 0 Å². The van der Waals surface area contributed by atoms with Gasteiger partial charge in [-0.1, -0.05) is 11.8 Å². The van der Waals surface area contributed by atoms with Gasteiger partial charge in [-0.15, -0.1) is 10.2 Å². The first kappa shape index (κ1) is 12.7. The molecule has 0 saturated carbocycles. The molecule has 2 N–H and O–H groups in total. The highest BCUT2D eigenvalue weighted by Crippen LogP contribution is 2.22. The molecule has 0 atom stereocenters. The molecule has 0 aliphatic carbocycles. The zero-order valence-corrected chi connectivity index (χ0v) is 11.4. The van der Waals surface area contributed by atoms with Crippen LogP contribution < -0.4 is 5.73 Å². The third kappa shape index (κ3) is 3.13. The van der Waals surface area contributed by atoms with Crippen molar-refractivity contribution >= 4 is 17.7 Å². The third-order valence-corrected chi connectivity index (χ3v) is 3.97. The molecular weight excluding hydrogens is 234 g/mol. The van der Waals surface area contributed by atoms with Crippen LogP contribution in [0.3, 0.4) is 0 Å². The lowest BCUT2D eigenvalue weighted by atomic mass is 10.4. The Balaban J connectivity index is 1.85. The molecule has 1 aliphatic rings. The highest BCUT2D eigenvalue weighted by atomic mass is 32.2. The molecule has 0 amide bonds. The van der Waals surface area contributed by atoms with Gasteiger partial charge >= 0.3 is 0 Å². The van der Waals surface area contributed by atoms with Gasteiger partial charge in [0.2, 0.25) is 5.95 Å². The molecule has 0 unspecified atom stereocenters. The second-order valence-corrected chi connectivity index (χ2v) is 5.76. The Bertz CT molecular complexity index is 357. The minimum atomic E-state index is 0.319. The topological polar surface area (TPSA) is 60.0 Å². The Morgan fingerprint density at radius 2 is 2.00 bits per heavy atom. The number of aromatic nitrogens is 3. The quantitative estimate of drug-likeness (QED) is 0.810. The van der Waals surface area contributed by atoms with Gasteiger partial charge in [0.15, 0.2) is 5.16 Å². The molecular formula is C11H21N5S. The summed E-state index contributed by atoms with van der Waals surface area (Å²) in [5, 5.41) is 9.02. The Labute approximate surface area is 107 Å². The van der Waals surface area contributed by atoms with Crippen LogP contribution in [-0.2, 0) is 0 Å². The first-order chi connectivity index (χ1) is 8.18. The summed E-state index contributed by atoms with van der Waals surface area (Å²) in [4.78, 5) is 2.51. The number of hydrogen-bond donors (Lipinski definition) is 1. The number of nitrogens with two attached hydrogens (primary N) is 1. The zero-order valence-electron chi connectivity index (χ0n) is 10.6. The standard InChI is InChI=1S/C11H21N5S/c1-9(2)16-10(12)13-14-11(16)17-8-7-15-5-3-4-6-15/h9H,3-8H2,1-2H3,(H2,12,13). The average molecular weight is 255 g/mol. The highest BCUT2D eigenvalue weighted by Gasteiger charge is 2.14. The van der Waals surface area contributed by atoms with E-state index in [1.54, 1.807) is 11.8 Å². The predicted octanol–water partition coefficient (Wildman–Crippen LogP) is 1.63. The molecule has 0 spiro atoms. The van der Waals surface area contributed by atoms with Crippen molar-refractivity contribution in [3.8, 4) is 0 Å². The lowest BCUT2D eigenvalue weighted by molar-refractivity contribution is 0.362. The van der Waals surface area contributed by atoms with Crippen molar-refractivity contribution in [1.29, 1.82) is 0 Å². The summed E-state index contributed by atoms with van der Waals surface area (Å²) in [6, 6.07) is 0.319. The van der Waals surface area contributed by atoms with Gasteiger partial charge in [0.1, 0.15) is 0 Å². The summed E-state index contributed by atoms with van der Waals surface area (Å²) in [6.07, 6.45) is 2.69. The first-order valence-corrected chi connectivity index (χ1v) is 7.22. The normalized spacial score (nSPS) is 17.1. The largest absolute Gasteiger partial charge is 0.368 e. The average Bonchev–Trinajstić information content (AvgIpc) is 2.88. The minimum absolute atomic E-state index is 0.319. The summed E-state index contributed by atoms with van der Waals surface area (Å²) in [6.45, 7) is 7.84. The van der Waals surface area contributed by atoms with Crippen molar-refractivity contribution in [3.63, 3.8) is 0 Å². The molecule has 1 aromatic rings. The van der Waals surface area contributed by atoms with Crippen LogP contribution in [0.25, 0.3) is 0 Å². The molecule has 0 aromatic carbocycles. The molecule has 2 heterocycles. The second kappa shape index (κ2) is 5.73. The lowest BCUT2D eigenvalue weighted by Crippen LogP contribution is -2.22. The molecule has 0 radical (unpaired) electrons. The maximum atomic E-state index is 5.80. The lowest BCUT2D eigenvalue weighted by Gasteiger charge is -2.14. The minimum Gasteiger partial charge on any atom is -0.368 e. The Kier molecular flexibility index (Phi) is 4.28. The molecule has 1 aromatic heterocycles. The maximum Gasteiger partial charge on any atom is 0.222 e. The van der Waals surface area contributed by atoms with Crippen LogP contribution in [-0.4, -0.2) is 45.1 Å². The molecule has 1 aliphatic heterocycles. The van der Waals surface area contributed by atoms with Crippen molar-refractivity contribution in [3.05, 3.63) is 0 Å². The van der Waals surface area contributed by atoms with E-state index in [0.717, 1.165) is 17.5 Å². The molecule has 2 rings (SSSR count). The van der Waals surface area contributed by atoms with E-state index in [4.69, 9.17) is 5.73 Å². The number of likely N-dealkylation sites (tertiary alicyclic amines) is 1. The fourth-order valence-corrected chi connectivity index (χ4v) is 3.22. The SMILES string of the molecule is CC(C)n1c(N)nnc1SCCN1CCCC1. The molecule has 1 fully saturated rings. The predicted molar refractivity (Wildman–Crippen MR) is 71.2 cm³/mol. The smallest absolute Gasteiger partial charge is 0.222 e. The summed E-state index contributed by atoms with van der Waals surface area (Å²) >= 11 is 1.75. The number of hydrogen-bond acceptors (Lipinski definition) is 5. The summed E-state index contributed by atoms with van der Waals surface area (Å²) < 4.78 is 1.99. The van der Waals surface area contributed by atoms with Crippen LogP contribution in [0.1, 0.15) is 32.7 Å².